The number of hydrogen-bond acceptors (Lipinski definition) is 3. The molecule has 0 saturated carbocycles. The number of nitrogens with one attached hydrogen (secondary N) is 1. The molecule has 0 unspecified atom stereocenters. The van der Waals surface area contributed by atoms with Crippen LogP contribution in [-0.4, -0.2) is 42.8 Å². The van der Waals surface area contributed by atoms with E-state index in [0.717, 1.165) is 51.9 Å². The Bertz CT molecular complexity index is 303. The van der Waals surface area contributed by atoms with Gasteiger partial charge in [0.25, 0.3) is 0 Å². The molecule has 0 atom stereocenters. The fourth-order valence-electron chi connectivity index (χ4n) is 3.00. The molecule has 0 aromatic heterocycles. The number of Topliss-reactive ketones (excluding diaryl/α,β-unsaturated/α-hetero) is 1. The summed E-state index contributed by atoms with van der Waals surface area (Å²) in [5.74, 6) is 1.32. The maximum absolute atomic E-state index is 12.2. The first-order chi connectivity index (χ1) is 8.66. The van der Waals surface area contributed by atoms with Gasteiger partial charge in [-0.2, -0.15) is 0 Å². The van der Waals surface area contributed by atoms with E-state index in [4.69, 9.17) is 0 Å². The third kappa shape index (κ3) is 3.55. The molecule has 0 aromatic rings. The van der Waals surface area contributed by atoms with Crippen molar-refractivity contribution >= 4 is 11.7 Å². The summed E-state index contributed by atoms with van der Waals surface area (Å²) in [5.41, 5.74) is 0. The molecule has 1 amide bonds. The molecule has 2 aliphatic rings. The van der Waals surface area contributed by atoms with Gasteiger partial charge in [-0.25, -0.2) is 0 Å². The number of ketones is 1. The first-order valence-corrected chi connectivity index (χ1v) is 7.15. The van der Waals surface area contributed by atoms with E-state index < -0.39 is 0 Å². The number of carbonyl (C=O) groups is 2. The van der Waals surface area contributed by atoms with Crippen molar-refractivity contribution in [2.45, 2.75) is 39.0 Å². The zero-order valence-corrected chi connectivity index (χ0v) is 11.3. The van der Waals surface area contributed by atoms with Crippen molar-refractivity contribution in [2.75, 3.05) is 26.2 Å². The summed E-state index contributed by atoms with van der Waals surface area (Å²) >= 11 is 0. The topological polar surface area (TPSA) is 49.4 Å². The highest BCUT2D eigenvalue weighted by molar-refractivity contribution is 5.79. The van der Waals surface area contributed by atoms with E-state index in [1.54, 1.807) is 6.92 Å². The largest absolute Gasteiger partial charge is 0.343 e. The van der Waals surface area contributed by atoms with Crippen molar-refractivity contribution in [3.05, 3.63) is 0 Å². The molecule has 18 heavy (non-hydrogen) atoms. The van der Waals surface area contributed by atoms with Crippen LogP contribution in [0.1, 0.15) is 39.0 Å². The van der Waals surface area contributed by atoms with E-state index in [-0.39, 0.29) is 11.7 Å². The smallest absolute Gasteiger partial charge is 0.222 e. The minimum atomic E-state index is 0.188. The van der Waals surface area contributed by atoms with Gasteiger partial charge in [-0.15, -0.1) is 0 Å². The second-order valence-corrected chi connectivity index (χ2v) is 5.66. The Morgan fingerprint density at radius 1 is 1.11 bits per heavy atom. The summed E-state index contributed by atoms with van der Waals surface area (Å²) in [6.07, 6.45) is 4.65. The van der Waals surface area contributed by atoms with E-state index in [1.165, 1.54) is 0 Å². The highest BCUT2D eigenvalue weighted by atomic mass is 16.2. The zero-order valence-electron chi connectivity index (χ0n) is 11.3. The van der Waals surface area contributed by atoms with Gasteiger partial charge in [-0.05, 0) is 51.6 Å². The maximum Gasteiger partial charge on any atom is 0.222 e. The molecule has 0 spiro atoms. The van der Waals surface area contributed by atoms with Crippen LogP contribution in [0.5, 0.6) is 0 Å². The lowest BCUT2D eigenvalue weighted by molar-refractivity contribution is -0.135. The average molecular weight is 252 g/mol. The van der Waals surface area contributed by atoms with Crippen molar-refractivity contribution in [1.29, 1.82) is 0 Å². The molecule has 4 heteroatoms. The van der Waals surface area contributed by atoms with Crippen LogP contribution in [0.3, 0.4) is 0 Å². The Hall–Kier alpha value is -0.900. The van der Waals surface area contributed by atoms with Gasteiger partial charge < -0.3 is 10.2 Å². The van der Waals surface area contributed by atoms with Crippen LogP contribution in [0.25, 0.3) is 0 Å². The molecule has 2 fully saturated rings. The lowest BCUT2D eigenvalue weighted by Gasteiger charge is -2.32. The quantitative estimate of drug-likeness (QED) is 0.821. The summed E-state index contributed by atoms with van der Waals surface area (Å²) in [6.45, 7) is 5.30. The monoisotopic (exact) mass is 252 g/mol. The summed E-state index contributed by atoms with van der Waals surface area (Å²) in [6, 6.07) is 0. The van der Waals surface area contributed by atoms with Crippen LogP contribution in [0.2, 0.25) is 0 Å². The number of piperidine rings is 2. The minimum Gasteiger partial charge on any atom is -0.343 e. The number of hydrogen-bond donors (Lipinski definition) is 1. The molecule has 0 aromatic carbocycles. The van der Waals surface area contributed by atoms with Gasteiger partial charge in [0, 0.05) is 25.4 Å². The first kappa shape index (κ1) is 13.5. The molecule has 2 saturated heterocycles. The Morgan fingerprint density at radius 2 is 1.72 bits per heavy atom. The van der Waals surface area contributed by atoms with E-state index in [2.05, 4.69) is 5.32 Å². The van der Waals surface area contributed by atoms with Gasteiger partial charge in [0.2, 0.25) is 5.91 Å². The SMILES string of the molecule is CC(=O)C1CCN(C(=O)CC2CCNCC2)CC1. The number of carbonyl (C=O) groups excluding carboxylic acids is 2. The molecule has 4 nitrogen and oxygen atoms in total. The third-order valence-corrected chi connectivity index (χ3v) is 4.34. The predicted octanol–water partition coefficient (Wildman–Crippen LogP) is 1.20. The Morgan fingerprint density at radius 3 is 2.28 bits per heavy atom. The fourth-order valence-corrected chi connectivity index (χ4v) is 3.00. The molecule has 0 radical (unpaired) electrons. The standard InChI is InChI=1S/C14H24N2O2/c1-11(17)13-4-8-16(9-5-13)14(18)10-12-2-6-15-7-3-12/h12-13,15H,2-10H2,1H3. The molecule has 2 rings (SSSR count). The second kappa shape index (κ2) is 6.32. The van der Waals surface area contributed by atoms with E-state index in [9.17, 15) is 9.59 Å². The van der Waals surface area contributed by atoms with E-state index in [1.807, 2.05) is 4.90 Å². The molecule has 0 bridgehead atoms. The van der Waals surface area contributed by atoms with Gasteiger partial charge >= 0.3 is 0 Å². The van der Waals surface area contributed by atoms with E-state index >= 15 is 0 Å². The molecule has 1 N–H and O–H groups in total. The first-order valence-electron chi connectivity index (χ1n) is 7.15. The van der Waals surface area contributed by atoms with Gasteiger partial charge in [0.05, 0.1) is 0 Å². The lowest BCUT2D eigenvalue weighted by atomic mass is 9.91. The third-order valence-electron chi connectivity index (χ3n) is 4.34. The van der Waals surface area contributed by atoms with Crippen molar-refractivity contribution in [1.82, 2.24) is 10.2 Å². The van der Waals surface area contributed by atoms with Crippen molar-refractivity contribution in [3.8, 4) is 0 Å². The number of rotatable bonds is 3. The fraction of sp³-hybridized carbons (Fsp3) is 0.857. The van der Waals surface area contributed by atoms with Gasteiger partial charge in [-0.3, -0.25) is 9.59 Å². The highest BCUT2D eigenvalue weighted by Crippen LogP contribution is 2.22. The molecular weight excluding hydrogens is 228 g/mol. The zero-order chi connectivity index (χ0) is 13.0. The summed E-state index contributed by atoms with van der Waals surface area (Å²) in [4.78, 5) is 25.4. The number of likely N-dealkylation sites (tertiary alicyclic amines) is 1. The molecule has 2 aliphatic heterocycles. The highest BCUT2D eigenvalue weighted by Gasteiger charge is 2.26. The predicted molar refractivity (Wildman–Crippen MR) is 70.2 cm³/mol. The molecule has 2 heterocycles. The molecule has 102 valence electrons. The van der Waals surface area contributed by atoms with Crippen LogP contribution in [0, 0.1) is 11.8 Å². The lowest BCUT2D eigenvalue weighted by Crippen LogP contribution is -2.41. The van der Waals surface area contributed by atoms with Crippen LogP contribution in [0.4, 0.5) is 0 Å². The maximum atomic E-state index is 12.2. The van der Waals surface area contributed by atoms with Crippen LogP contribution in [-0.2, 0) is 9.59 Å². The molecule has 0 aliphatic carbocycles. The summed E-state index contributed by atoms with van der Waals surface area (Å²) in [5, 5.41) is 3.32. The second-order valence-electron chi connectivity index (χ2n) is 5.66. The summed E-state index contributed by atoms with van der Waals surface area (Å²) in [7, 11) is 0. The Balaban J connectivity index is 1.75. The van der Waals surface area contributed by atoms with Crippen LogP contribution < -0.4 is 5.32 Å². The normalized spacial score (nSPS) is 23.1. The van der Waals surface area contributed by atoms with Gasteiger partial charge in [-0.1, -0.05) is 0 Å². The van der Waals surface area contributed by atoms with Crippen LogP contribution in [0.15, 0.2) is 0 Å². The number of nitrogens with zero attached hydrogens (tertiary/aromatic N) is 1. The molecular formula is C14H24N2O2. The van der Waals surface area contributed by atoms with Crippen molar-refractivity contribution in [3.63, 3.8) is 0 Å². The average Bonchev–Trinajstić information content (AvgIpc) is 2.40. The van der Waals surface area contributed by atoms with Gasteiger partial charge in [0.1, 0.15) is 5.78 Å². The van der Waals surface area contributed by atoms with Crippen LogP contribution >= 0.6 is 0 Å². The number of amides is 1. The van der Waals surface area contributed by atoms with Crippen molar-refractivity contribution in [2.24, 2.45) is 11.8 Å². The minimum absolute atomic E-state index is 0.188. The Kier molecular flexibility index (Phi) is 4.75. The van der Waals surface area contributed by atoms with Gasteiger partial charge in [0.15, 0.2) is 0 Å². The summed E-state index contributed by atoms with van der Waals surface area (Å²) < 4.78 is 0. The Labute approximate surface area is 109 Å². The van der Waals surface area contributed by atoms with Crippen molar-refractivity contribution < 1.29 is 9.59 Å². The van der Waals surface area contributed by atoms with E-state index in [0.29, 0.717) is 18.2 Å².